The van der Waals surface area contributed by atoms with E-state index in [0.717, 1.165) is 23.4 Å². The molecule has 0 bridgehead atoms. The summed E-state index contributed by atoms with van der Waals surface area (Å²) in [6, 6.07) is 0. The van der Waals surface area contributed by atoms with Crippen molar-refractivity contribution in [2.45, 2.75) is 25.3 Å². The number of ether oxygens (including phenoxy) is 1. The van der Waals surface area contributed by atoms with Gasteiger partial charge in [-0.25, -0.2) is 9.97 Å². The summed E-state index contributed by atoms with van der Waals surface area (Å²) >= 11 is 0. The highest BCUT2D eigenvalue weighted by Gasteiger charge is 2.29. The standard InChI is InChI=1S/C11H16N5OP/c12-11-14-8(7-1-2-7)9-10(15-11)16(5-13-9)3-4-17-6-18/h5,7H,1-4,6,18H2,(H2,12,14,15). The quantitative estimate of drug-likeness (QED) is 0.647. The number of nitrogens with zero attached hydrogens (tertiary/aromatic N) is 4. The lowest BCUT2D eigenvalue weighted by Crippen LogP contribution is -2.07. The molecule has 2 aromatic rings. The maximum atomic E-state index is 5.78. The van der Waals surface area contributed by atoms with Crippen LogP contribution in [0.4, 0.5) is 5.95 Å². The number of nitrogens with two attached hydrogens (primary N) is 1. The average Bonchev–Trinajstić information content (AvgIpc) is 3.12. The molecule has 1 aliphatic rings. The Morgan fingerprint density at radius 1 is 1.44 bits per heavy atom. The number of hydrogen-bond donors (Lipinski definition) is 1. The minimum absolute atomic E-state index is 0.332. The highest BCUT2D eigenvalue weighted by atomic mass is 31.0. The van der Waals surface area contributed by atoms with Gasteiger partial charge < -0.3 is 15.0 Å². The smallest absolute Gasteiger partial charge is 0.222 e. The van der Waals surface area contributed by atoms with Gasteiger partial charge in [0, 0.05) is 12.5 Å². The fraction of sp³-hybridized carbons (Fsp3) is 0.545. The van der Waals surface area contributed by atoms with Crippen molar-refractivity contribution in [3.05, 3.63) is 12.0 Å². The summed E-state index contributed by atoms with van der Waals surface area (Å²) in [6.07, 6.45) is 4.77. The normalized spacial score (nSPS) is 15.4. The van der Waals surface area contributed by atoms with Crippen LogP contribution in [0.1, 0.15) is 24.5 Å². The molecular formula is C11H16N5OP. The van der Waals surface area contributed by atoms with Crippen molar-refractivity contribution in [3.63, 3.8) is 0 Å². The van der Waals surface area contributed by atoms with Gasteiger partial charge in [-0.15, -0.1) is 9.24 Å². The summed E-state index contributed by atoms with van der Waals surface area (Å²) in [7, 11) is 2.53. The average molecular weight is 265 g/mol. The fourth-order valence-corrected chi connectivity index (χ4v) is 2.20. The highest BCUT2D eigenvalue weighted by molar-refractivity contribution is 7.16. The van der Waals surface area contributed by atoms with Crippen LogP contribution in [0.3, 0.4) is 0 Å². The van der Waals surface area contributed by atoms with Gasteiger partial charge in [0.25, 0.3) is 0 Å². The SMILES string of the molecule is Nc1nc(C2CC2)c2ncn(CCOCP)c2n1. The topological polar surface area (TPSA) is 78.8 Å². The molecular weight excluding hydrogens is 249 g/mol. The van der Waals surface area contributed by atoms with Crippen LogP contribution in [-0.4, -0.2) is 32.5 Å². The van der Waals surface area contributed by atoms with Gasteiger partial charge in [0.15, 0.2) is 5.65 Å². The van der Waals surface area contributed by atoms with E-state index < -0.39 is 0 Å². The van der Waals surface area contributed by atoms with Crippen molar-refractivity contribution >= 4 is 26.4 Å². The maximum absolute atomic E-state index is 5.78. The first-order valence-electron chi connectivity index (χ1n) is 6.05. The van der Waals surface area contributed by atoms with E-state index in [0.29, 0.717) is 24.8 Å². The van der Waals surface area contributed by atoms with E-state index in [4.69, 9.17) is 10.5 Å². The summed E-state index contributed by atoms with van der Waals surface area (Å²) in [4.78, 5) is 13.0. The van der Waals surface area contributed by atoms with E-state index in [1.165, 1.54) is 12.8 Å². The molecule has 0 aliphatic heterocycles. The minimum atomic E-state index is 0.332. The summed E-state index contributed by atoms with van der Waals surface area (Å²) in [5.41, 5.74) is 8.48. The zero-order valence-corrected chi connectivity index (χ0v) is 11.2. The third-order valence-corrected chi connectivity index (χ3v) is 3.30. The van der Waals surface area contributed by atoms with Crippen LogP contribution in [0.2, 0.25) is 0 Å². The number of fused-ring (bicyclic) bond motifs is 1. The van der Waals surface area contributed by atoms with Crippen LogP contribution in [0.5, 0.6) is 0 Å². The molecule has 18 heavy (non-hydrogen) atoms. The molecule has 96 valence electrons. The lowest BCUT2D eigenvalue weighted by Gasteiger charge is -2.05. The van der Waals surface area contributed by atoms with Crippen LogP contribution in [0.25, 0.3) is 11.2 Å². The molecule has 0 aromatic carbocycles. The largest absolute Gasteiger partial charge is 0.376 e. The van der Waals surface area contributed by atoms with E-state index in [2.05, 4.69) is 24.2 Å². The Morgan fingerprint density at radius 2 is 2.28 bits per heavy atom. The van der Waals surface area contributed by atoms with Crippen molar-refractivity contribution < 1.29 is 4.74 Å². The second kappa shape index (κ2) is 4.78. The molecule has 2 aromatic heterocycles. The molecule has 1 atom stereocenters. The van der Waals surface area contributed by atoms with Crippen molar-refractivity contribution in [2.24, 2.45) is 0 Å². The van der Waals surface area contributed by atoms with Crippen LogP contribution in [0, 0.1) is 0 Å². The monoisotopic (exact) mass is 265 g/mol. The third kappa shape index (κ3) is 2.18. The van der Waals surface area contributed by atoms with Gasteiger partial charge in [-0.2, -0.15) is 4.98 Å². The van der Waals surface area contributed by atoms with Gasteiger partial charge in [-0.1, -0.05) is 0 Å². The predicted octanol–water partition coefficient (Wildman–Crippen LogP) is 1.14. The van der Waals surface area contributed by atoms with Gasteiger partial charge in [0.2, 0.25) is 5.95 Å². The number of nitrogen functional groups attached to an aromatic ring is 1. The predicted molar refractivity (Wildman–Crippen MR) is 72.2 cm³/mol. The Labute approximate surface area is 107 Å². The molecule has 1 saturated carbocycles. The van der Waals surface area contributed by atoms with Crippen LogP contribution >= 0.6 is 9.24 Å². The van der Waals surface area contributed by atoms with Crippen molar-refractivity contribution in [1.29, 1.82) is 0 Å². The van der Waals surface area contributed by atoms with E-state index in [9.17, 15) is 0 Å². The first-order chi connectivity index (χ1) is 8.79. The Morgan fingerprint density at radius 3 is 3.00 bits per heavy atom. The van der Waals surface area contributed by atoms with Crippen molar-refractivity contribution in [2.75, 3.05) is 18.7 Å². The first kappa shape index (κ1) is 11.8. The molecule has 0 saturated heterocycles. The van der Waals surface area contributed by atoms with Crippen molar-refractivity contribution in [3.8, 4) is 0 Å². The summed E-state index contributed by atoms with van der Waals surface area (Å²) in [6.45, 7) is 1.36. The zero-order valence-electron chi connectivity index (χ0n) is 10.0. The molecule has 1 fully saturated rings. The van der Waals surface area contributed by atoms with E-state index in [-0.39, 0.29) is 0 Å². The minimum Gasteiger partial charge on any atom is -0.376 e. The third-order valence-electron chi connectivity index (χ3n) is 3.07. The van der Waals surface area contributed by atoms with Crippen LogP contribution in [0.15, 0.2) is 6.33 Å². The molecule has 3 rings (SSSR count). The maximum Gasteiger partial charge on any atom is 0.222 e. The lowest BCUT2D eigenvalue weighted by molar-refractivity contribution is 0.173. The number of anilines is 1. The zero-order chi connectivity index (χ0) is 12.5. The van der Waals surface area contributed by atoms with E-state index >= 15 is 0 Å². The van der Waals surface area contributed by atoms with Crippen molar-refractivity contribution in [1.82, 2.24) is 19.5 Å². The first-order valence-corrected chi connectivity index (χ1v) is 6.87. The summed E-state index contributed by atoms with van der Waals surface area (Å²) in [5, 5.41) is 0. The number of aromatic nitrogens is 4. The van der Waals surface area contributed by atoms with E-state index in [1.807, 2.05) is 4.57 Å². The molecule has 1 aliphatic carbocycles. The number of hydrogen-bond acceptors (Lipinski definition) is 5. The highest BCUT2D eigenvalue weighted by Crippen LogP contribution is 2.41. The molecule has 0 amide bonds. The number of rotatable bonds is 5. The Balaban J connectivity index is 1.96. The fourth-order valence-electron chi connectivity index (χ4n) is 2.03. The molecule has 7 heteroatoms. The second-order valence-corrected chi connectivity index (χ2v) is 4.76. The Bertz CT molecular complexity index is 566. The molecule has 6 nitrogen and oxygen atoms in total. The van der Waals surface area contributed by atoms with Gasteiger partial charge in [-0.05, 0) is 12.8 Å². The molecule has 0 radical (unpaired) electrons. The number of imidazole rings is 1. The van der Waals surface area contributed by atoms with E-state index in [1.54, 1.807) is 6.33 Å². The second-order valence-electron chi connectivity index (χ2n) is 4.43. The van der Waals surface area contributed by atoms with Gasteiger partial charge in [0.1, 0.15) is 5.52 Å². The molecule has 2 heterocycles. The van der Waals surface area contributed by atoms with Gasteiger partial charge in [0.05, 0.1) is 25.0 Å². The molecule has 2 N–H and O–H groups in total. The lowest BCUT2D eigenvalue weighted by atomic mass is 10.2. The van der Waals surface area contributed by atoms with Gasteiger partial charge >= 0.3 is 0 Å². The Hall–Kier alpha value is -1.26. The Kier molecular flexibility index (Phi) is 3.14. The molecule has 1 unspecified atom stereocenters. The van der Waals surface area contributed by atoms with Gasteiger partial charge in [-0.3, -0.25) is 0 Å². The van der Waals surface area contributed by atoms with Crippen LogP contribution in [-0.2, 0) is 11.3 Å². The molecule has 0 spiro atoms. The summed E-state index contributed by atoms with van der Waals surface area (Å²) < 4.78 is 7.29. The summed E-state index contributed by atoms with van der Waals surface area (Å²) in [5.74, 6) is 0.850. The van der Waals surface area contributed by atoms with Crippen LogP contribution < -0.4 is 5.73 Å².